The molecule has 1 nitrogen and oxygen atoms in total. The Kier molecular flexibility index (Phi) is 4.50. The third-order valence-corrected chi connectivity index (χ3v) is 3.40. The molecule has 0 aromatic heterocycles. The summed E-state index contributed by atoms with van der Waals surface area (Å²) in [4.78, 5) is 0. The van der Waals surface area contributed by atoms with Gasteiger partial charge in [0.05, 0.1) is 0 Å². The number of alkyl halides is 2. The molecule has 0 spiro atoms. The van der Waals surface area contributed by atoms with Crippen molar-refractivity contribution in [1.29, 1.82) is 0 Å². The largest absolute Gasteiger partial charge is 0.384 e. The van der Waals surface area contributed by atoms with Crippen LogP contribution < -0.4 is 0 Å². The van der Waals surface area contributed by atoms with Crippen LogP contribution in [0, 0.1) is 0 Å². The minimum Gasteiger partial charge on any atom is -0.384 e. The minimum absolute atomic E-state index is 0.0691. The summed E-state index contributed by atoms with van der Waals surface area (Å²) < 4.78 is 25.3. The van der Waals surface area contributed by atoms with Crippen molar-refractivity contribution in [3.05, 3.63) is 70.8 Å². The molecular weight excluding hydrogens is 258 g/mol. The predicted octanol–water partition coefficient (Wildman–Crippen LogP) is 4.83. The Morgan fingerprint density at radius 3 is 1.90 bits per heavy atom. The SMILES string of the molecule is CC(C)c1ccc(C(O)c2cccc(C(F)F)c2)cc1. The van der Waals surface area contributed by atoms with Crippen molar-refractivity contribution in [2.24, 2.45) is 0 Å². The summed E-state index contributed by atoms with van der Waals surface area (Å²) in [5.41, 5.74) is 2.31. The molecule has 0 amide bonds. The first-order chi connectivity index (χ1) is 9.49. The van der Waals surface area contributed by atoms with Gasteiger partial charge in [-0.05, 0) is 28.7 Å². The molecule has 1 unspecified atom stereocenters. The maximum Gasteiger partial charge on any atom is 0.263 e. The Morgan fingerprint density at radius 2 is 1.35 bits per heavy atom. The van der Waals surface area contributed by atoms with Gasteiger partial charge in [0.2, 0.25) is 0 Å². The summed E-state index contributed by atoms with van der Waals surface area (Å²) in [6.07, 6.45) is -3.40. The van der Waals surface area contributed by atoms with E-state index in [0.29, 0.717) is 17.0 Å². The Hall–Kier alpha value is -1.74. The molecule has 0 heterocycles. The molecular formula is C17H18F2O. The molecule has 1 atom stereocenters. The molecule has 3 heteroatoms. The summed E-state index contributed by atoms with van der Waals surface area (Å²) in [6, 6.07) is 13.5. The average Bonchev–Trinajstić information content (AvgIpc) is 2.46. The van der Waals surface area contributed by atoms with Gasteiger partial charge in [0, 0.05) is 5.56 Å². The first-order valence-corrected chi connectivity index (χ1v) is 6.65. The standard InChI is InChI=1S/C17H18F2O/c1-11(2)12-6-8-13(9-7-12)16(20)14-4-3-5-15(10-14)17(18)19/h3-11,16-17,20H,1-2H3. The van der Waals surface area contributed by atoms with E-state index in [1.54, 1.807) is 12.1 Å². The summed E-state index contributed by atoms with van der Waals surface area (Å²) in [7, 11) is 0. The van der Waals surface area contributed by atoms with E-state index in [4.69, 9.17) is 0 Å². The molecule has 0 aliphatic heterocycles. The molecule has 0 aliphatic rings. The van der Waals surface area contributed by atoms with Crippen molar-refractivity contribution < 1.29 is 13.9 Å². The van der Waals surface area contributed by atoms with E-state index < -0.39 is 12.5 Å². The van der Waals surface area contributed by atoms with E-state index in [9.17, 15) is 13.9 Å². The van der Waals surface area contributed by atoms with Gasteiger partial charge in [-0.25, -0.2) is 8.78 Å². The van der Waals surface area contributed by atoms with Gasteiger partial charge >= 0.3 is 0 Å². The lowest BCUT2D eigenvalue weighted by Crippen LogP contribution is -2.01. The highest BCUT2D eigenvalue weighted by Gasteiger charge is 2.14. The quantitative estimate of drug-likeness (QED) is 0.848. The summed E-state index contributed by atoms with van der Waals surface area (Å²) >= 11 is 0. The number of benzene rings is 2. The first kappa shape index (κ1) is 14.7. The molecule has 0 aliphatic carbocycles. The van der Waals surface area contributed by atoms with Crippen LogP contribution in [0.5, 0.6) is 0 Å². The van der Waals surface area contributed by atoms with E-state index >= 15 is 0 Å². The van der Waals surface area contributed by atoms with Crippen LogP contribution in [0.4, 0.5) is 8.78 Å². The zero-order chi connectivity index (χ0) is 14.7. The molecule has 2 aromatic rings. The van der Waals surface area contributed by atoms with Gasteiger partial charge in [0.15, 0.2) is 0 Å². The molecule has 1 N–H and O–H groups in total. The second kappa shape index (κ2) is 6.14. The lowest BCUT2D eigenvalue weighted by Gasteiger charge is -2.14. The van der Waals surface area contributed by atoms with Gasteiger partial charge in [-0.3, -0.25) is 0 Å². The molecule has 106 valence electrons. The molecule has 0 bridgehead atoms. The Bertz CT molecular complexity index is 561. The van der Waals surface area contributed by atoms with Crippen molar-refractivity contribution >= 4 is 0 Å². The van der Waals surface area contributed by atoms with Crippen LogP contribution in [-0.2, 0) is 0 Å². The fraction of sp³-hybridized carbons (Fsp3) is 0.294. The Balaban J connectivity index is 2.26. The zero-order valence-electron chi connectivity index (χ0n) is 11.6. The van der Waals surface area contributed by atoms with E-state index in [1.807, 2.05) is 24.3 Å². The van der Waals surface area contributed by atoms with Gasteiger partial charge in [-0.1, -0.05) is 56.3 Å². The van der Waals surface area contributed by atoms with E-state index in [-0.39, 0.29) is 5.56 Å². The lowest BCUT2D eigenvalue weighted by atomic mass is 9.96. The summed E-state index contributed by atoms with van der Waals surface area (Å²) in [5, 5.41) is 10.3. The molecule has 2 rings (SSSR count). The summed E-state index contributed by atoms with van der Waals surface area (Å²) in [5.74, 6) is 0.420. The van der Waals surface area contributed by atoms with Crippen molar-refractivity contribution in [1.82, 2.24) is 0 Å². The van der Waals surface area contributed by atoms with Gasteiger partial charge in [0.1, 0.15) is 6.10 Å². The first-order valence-electron chi connectivity index (χ1n) is 6.65. The summed E-state index contributed by atoms with van der Waals surface area (Å²) in [6.45, 7) is 4.19. The molecule has 0 saturated heterocycles. The van der Waals surface area contributed by atoms with Crippen LogP contribution in [0.2, 0.25) is 0 Å². The number of rotatable bonds is 4. The monoisotopic (exact) mass is 276 g/mol. The smallest absolute Gasteiger partial charge is 0.263 e. The second-order valence-corrected chi connectivity index (χ2v) is 5.19. The van der Waals surface area contributed by atoms with Gasteiger partial charge in [-0.2, -0.15) is 0 Å². The van der Waals surface area contributed by atoms with Crippen LogP contribution in [0.3, 0.4) is 0 Å². The van der Waals surface area contributed by atoms with Crippen LogP contribution in [-0.4, -0.2) is 5.11 Å². The highest BCUT2D eigenvalue weighted by Crippen LogP contribution is 2.27. The zero-order valence-corrected chi connectivity index (χ0v) is 11.6. The van der Waals surface area contributed by atoms with Crippen molar-refractivity contribution in [3.8, 4) is 0 Å². The number of aliphatic hydroxyl groups is 1. The van der Waals surface area contributed by atoms with Crippen molar-refractivity contribution in [2.45, 2.75) is 32.3 Å². The molecule has 0 radical (unpaired) electrons. The normalized spacial score (nSPS) is 12.9. The van der Waals surface area contributed by atoms with Crippen LogP contribution in [0.1, 0.15) is 54.5 Å². The van der Waals surface area contributed by atoms with Crippen LogP contribution in [0.25, 0.3) is 0 Å². The third-order valence-electron chi connectivity index (χ3n) is 3.40. The van der Waals surface area contributed by atoms with Gasteiger partial charge < -0.3 is 5.11 Å². The maximum absolute atomic E-state index is 12.7. The number of hydrogen-bond donors (Lipinski definition) is 1. The fourth-order valence-electron chi connectivity index (χ4n) is 2.12. The number of aliphatic hydroxyl groups excluding tert-OH is 1. The van der Waals surface area contributed by atoms with E-state index in [1.165, 1.54) is 17.7 Å². The molecule has 2 aromatic carbocycles. The molecule has 20 heavy (non-hydrogen) atoms. The highest BCUT2D eigenvalue weighted by atomic mass is 19.3. The fourth-order valence-corrected chi connectivity index (χ4v) is 2.12. The van der Waals surface area contributed by atoms with E-state index in [2.05, 4.69) is 13.8 Å². The van der Waals surface area contributed by atoms with Crippen LogP contribution in [0.15, 0.2) is 48.5 Å². The molecule has 0 saturated carbocycles. The number of hydrogen-bond acceptors (Lipinski definition) is 1. The maximum atomic E-state index is 12.7. The Morgan fingerprint density at radius 1 is 0.800 bits per heavy atom. The second-order valence-electron chi connectivity index (χ2n) is 5.19. The van der Waals surface area contributed by atoms with E-state index in [0.717, 1.165) is 0 Å². The average molecular weight is 276 g/mol. The van der Waals surface area contributed by atoms with Crippen LogP contribution >= 0.6 is 0 Å². The van der Waals surface area contributed by atoms with Crippen molar-refractivity contribution in [3.63, 3.8) is 0 Å². The van der Waals surface area contributed by atoms with Gasteiger partial charge in [0.25, 0.3) is 6.43 Å². The minimum atomic E-state index is -2.52. The predicted molar refractivity (Wildman–Crippen MR) is 76.0 cm³/mol. The highest BCUT2D eigenvalue weighted by molar-refractivity contribution is 5.34. The topological polar surface area (TPSA) is 20.2 Å². The lowest BCUT2D eigenvalue weighted by molar-refractivity contribution is 0.150. The van der Waals surface area contributed by atoms with Gasteiger partial charge in [-0.15, -0.1) is 0 Å². The molecule has 0 fully saturated rings. The third kappa shape index (κ3) is 3.23. The van der Waals surface area contributed by atoms with Crippen molar-refractivity contribution in [2.75, 3.05) is 0 Å². The Labute approximate surface area is 117 Å². The number of halogens is 2.